The van der Waals surface area contributed by atoms with Crippen molar-refractivity contribution < 1.29 is 37.0 Å². The molecule has 1 aliphatic rings. The summed E-state index contributed by atoms with van der Waals surface area (Å²) in [7, 11) is 1.18. The molecular weight excluding hydrogens is 693 g/mol. The number of benzene rings is 3. The van der Waals surface area contributed by atoms with Crippen molar-refractivity contribution in [2.75, 3.05) is 39.3 Å². The third-order valence-corrected chi connectivity index (χ3v) is 10.9. The van der Waals surface area contributed by atoms with Crippen molar-refractivity contribution in [1.82, 2.24) is 10.2 Å². The van der Waals surface area contributed by atoms with Gasteiger partial charge in [-0.05, 0) is 61.2 Å². The molecular formula is C35H43Cl2N3O8S. The van der Waals surface area contributed by atoms with Gasteiger partial charge in [0.2, 0.25) is 11.8 Å². The quantitative estimate of drug-likeness (QED) is 0.188. The van der Waals surface area contributed by atoms with Crippen LogP contribution in [0.15, 0.2) is 59.5 Å². The van der Waals surface area contributed by atoms with Crippen LogP contribution in [0.2, 0.25) is 10.0 Å². The number of halogens is 2. The van der Waals surface area contributed by atoms with Crippen molar-refractivity contribution in [1.29, 1.82) is 0 Å². The van der Waals surface area contributed by atoms with Crippen LogP contribution in [0.5, 0.6) is 23.0 Å². The van der Waals surface area contributed by atoms with Gasteiger partial charge >= 0.3 is 0 Å². The molecule has 1 atom stereocenters. The standard InChI is InChI=1S/C35H43Cl2N3O8S/c1-6-29(35(42)38-25-10-8-7-9-11-25)39(21-23-12-13-24(36)18-28(23)37)34(41)22-40(30-19-26(45-2)14-16-31(30)46-3)49(43,44)27-15-17-32(47-4)33(20-27)48-5/h12-20,25,29H,6-11,21-22H2,1-5H3,(H,38,42). The second-order valence-electron chi connectivity index (χ2n) is 11.6. The van der Waals surface area contributed by atoms with Crippen molar-refractivity contribution in [2.24, 2.45) is 0 Å². The molecule has 0 heterocycles. The highest BCUT2D eigenvalue weighted by molar-refractivity contribution is 7.92. The Morgan fingerprint density at radius 1 is 0.857 bits per heavy atom. The van der Waals surface area contributed by atoms with Crippen LogP contribution in [0, 0.1) is 0 Å². The van der Waals surface area contributed by atoms with Crippen LogP contribution in [-0.2, 0) is 26.2 Å². The molecule has 3 aromatic carbocycles. The van der Waals surface area contributed by atoms with Crippen LogP contribution in [0.1, 0.15) is 51.0 Å². The minimum atomic E-state index is -4.49. The van der Waals surface area contributed by atoms with Crippen LogP contribution in [0.3, 0.4) is 0 Å². The summed E-state index contributed by atoms with van der Waals surface area (Å²) in [5.74, 6) is 0.0401. The molecule has 2 amide bonds. The van der Waals surface area contributed by atoms with Gasteiger partial charge in [0, 0.05) is 34.8 Å². The third-order valence-electron chi connectivity index (χ3n) is 8.57. The maximum Gasteiger partial charge on any atom is 0.265 e. The molecule has 0 spiro atoms. The summed E-state index contributed by atoms with van der Waals surface area (Å²) in [6.07, 6.45) is 5.10. The van der Waals surface area contributed by atoms with E-state index < -0.39 is 28.5 Å². The van der Waals surface area contributed by atoms with Crippen LogP contribution in [0.25, 0.3) is 0 Å². The Morgan fingerprint density at radius 2 is 1.53 bits per heavy atom. The number of carbonyl (C=O) groups excluding carboxylic acids is 2. The second kappa shape index (κ2) is 17.2. The maximum absolute atomic E-state index is 14.6. The van der Waals surface area contributed by atoms with Gasteiger partial charge in [-0.1, -0.05) is 55.5 Å². The number of hydrogen-bond acceptors (Lipinski definition) is 8. The number of hydrogen-bond donors (Lipinski definition) is 1. The number of nitrogens with one attached hydrogen (secondary N) is 1. The van der Waals surface area contributed by atoms with Gasteiger partial charge in [-0.2, -0.15) is 0 Å². The van der Waals surface area contributed by atoms with E-state index in [2.05, 4.69) is 5.32 Å². The smallest absolute Gasteiger partial charge is 0.265 e. The van der Waals surface area contributed by atoms with Gasteiger partial charge in [-0.3, -0.25) is 13.9 Å². The Morgan fingerprint density at radius 3 is 2.14 bits per heavy atom. The molecule has 0 saturated heterocycles. The summed E-state index contributed by atoms with van der Waals surface area (Å²) in [5, 5.41) is 3.84. The molecule has 3 aromatic rings. The fraction of sp³-hybridized carbons (Fsp3) is 0.429. The minimum Gasteiger partial charge on any atom is -0.497 e. The van der Waals surface area contributed by atoms with Crippen molar-refractivity contribution in [3.05, 3.63) is 70.2 Å². The first kappa shape index (κ1) is 37.9. The average Bonchev–Trinajstić information content (AvgIpc) is 3.10. The van der Waals surface area contributed by atoms with Crippen LogP contribution < -0.4 is 28.6 Å². The van der Waals surface area contributed by atoms with E-state index in [1.165, 1.54) is 57.6 Å². The highest BCUT2D eigenvalue weighted by atomic mass is 35.5. The molecule has 0 radical (unpaired) electrons. The Balaban J connectivity index is 1.83. The molecule has 1 saturated carbocycles. The van der Waals surface area contributed by atoms with Crippen molar-refractivity contribution in [3.8, 4) is 23.0 Å². The van der Waals surface area contributed by atoms with Crippen molar-refractivity contribution in [3.63, 3.8) is 0 Å². The van der Waals surface area contributed by atoms with E-state index >= 15 is 0 Å². The van der Waals surface area contributed by atoms with Gasteiger partial charge in [-0.25, -0.2) is 8.42 Å². The molecule has 49 heavy (non-hydrogen) atoms. The summed E-state index contributed by atoms with van der Waals surface area (Å²) in [6.45, 7) is 1.03. The lowest BCUT2D eigenvalue weighted by atomic mass is 9.95. The normalized spacial score (nSPS) is 14.0. The van der Waals surface area contributed by atoms with E-state index in [1.54, 1.807) is 37.3 Å². The van der Waals surface area contributed by atoms with Crippen molar-refractivity contribution >= 4 is 50.7 Å². The number of ether oxygens (including phenoxy) is 4. The maximum atomic E-state index is 14.6. The first-order chi connectivity index (χ1) is 23.5. The lowest BCUT2D eigenvalue weighted by molar-refractivity contribution is -0.140. The number of carbonyl (C=O) groups is 2. The third kappa shape index (κ3) is 9.03. The largest absolute Gasteiger partial charge is 0.497 e. The Kier molecular flexibility index (Phi) is 13.3. The molecule has 0 aromatic heterocycles. The Hall–Kier alpha value is -3.87. The van der Waals surface area contributed by atoms with Crippen LogP contribution in [0.4, 0.5) is 5.69 Å². The molecule has 1 aliphatic carbocycles. The summed E-state index contributed by atoms with van der Waals surface area (Å²) in [4.78, 5) is 29.7. The highest BCUT2D eigenvalue weighted by Gasteiger charge is 2.36. The molecule has 1 fully saturated rings. The zero-order valence-electron chi connectivity index (χ0n) is 28.3. The van der Waals surface area contributed by atoms with Gasteiger partial charge < -0.3 is 29.2 Å². The topological polar surface area (TPSA) is 124 Å². The summed E-state index contributed by atoms with van der Waals surface area (Å²) in [6, 6.07) is 12.7. The Bertz CT molecular complexity index is 1730. The zero-order valence-corrected chi connectivity index (χ0v) is 30.7. The molecule has 0 bridgehead atoms. The van der Waals surface area contributed by atoms with Gasteiger partial charge in [0.1, 0.15) is 24.1 Å². The van der Waals surface area contributed by atoms with Crippen LogP contribution in [-0.4, -0.2) is 72.2 Å². The monoisotopic (exact) mass is 735 g/mol. The average molecular weight is 737 g/mol. The number of methoxy groups -OCH3 is 4. The van der Waals surface area contributed by atoms with E-state index in [0.29, 0.717) is 27.1 Å². The van der Waals surface area contributed by atoms with E-state index in [4.69, 9.17) is 42.1 Å². The summed E-state index contributed by atoms with van der Waals surface area (Å²) < 4.78 is 51.7. The first-order valence-electron chi connectivity index (χ1n) is 16.0. The molecule has 266 valence electrons. The van der Waals surface area contributed by atoms with Gasteiger partial charge in [0.15, 0.2) is 11.5 Å². The second-order valence-corrected chi connectivity index (χ2v) is 14.3. The fourth-order valence-electron chi connectivity index (χ4n) is 5.91. The summed E-state index contributed by atoms with van der Waals surface area (Å²) >= 11 is 12.7. The van der Waals surface area contributed by atoms with Gasteiger partial charge in [0.05, 0.1) is 39.0 Å². The predicted molar refractivity (Wildman–Crippen MR) is 190 cm³/mol. The van der Waals surface area contributed by atoms with Gasteiger partial charge in [-0.15, -0.1) is 0 Å². The number of nitrogens with zero attached hydrogens (tertiary/aromatic N) is 2. The summed E-state index contributed by atoms with van der Waals surface area (Å²) in [5.41, 5.74) is 0.589. The fourth-order valence-corrected chi connectivity index (χ4v) is 7.81. The zero-order chi connectivity index (χ0) is 35.7. The number of sulfonamides is 1. The molecule has 0 aliphatic heterocycles. The molecule has 1 unspecified atom stereocenters. The molecule has 11 nitrogen and oxygen atoms in total. The number of amides is 2. The lowest BCUT2D eigenvalue weighted by Crippen LogP contribution is -2.54. The van der Waals surface area contributed by atoms with Crippen molar-refractivity contribution in [2.45, 2.75) is 69.0 Å². The van der Waals surface area contributed by atoms with Gasteiger partial charge in [0.25, 0.3) is 10.0 Å². The number of anilines is 1. The van der Waals surface area contributed by atoms with E-state index in [0.717, 1.165) is 36.4 Å². The lowest BCUT2D eigenvalue weighted by Gasteiger charge is -2.35. The highest BCUT2D eigenvalue weighted by Crippen LogP contribution is 2.38. The Labute approximate surface area is 298 Å². The predicted octanol–water partition coefficient (Wildman–Crippen LogP) is 6.48. The SMILES string of the molecule is CCC(C(=O)NC1CCCCC1)N(Cc1ccc(Cl)cc1Cl)C(=O)CN(c1cc(OC)ccc1OC)S(=O)(=O)c1ccc(OC)c(OC)c1. The van der Waals surface area contributed by atoms with E-state index in [1.807, 2.05) is 0 Å². The minimum absolute atomic E-state index is 0.00524. The van der Waals surface area contributed by atoms with Crippen LogP contribution >= 0.6 is 23.2 Å². The molecule has 1 N–H and O–H groups in total. The molecule has 14 heteroatoms. The number of rotatable bonds is 15. The van der Waals surface area contributed by atoms with E-state index in [9.17, 15) is 18.0 Å². The van der Waals surface area contributed by atoms with E-state index in [-0.39, 0.29) is 47.0 Å². The first-order valence-corrected chi connectivity index (χ1v) is 18.2. The molecule has 4 rings (SSSR count).